The number of nitro benzene ring substituents is 1. The van der Waals surface area contributed by atoms with Crippen LogP contribution in [0.2, 0.25) is 0 Å². The van der Waals surface area contributed by atoms with Crippen molar-refractivity contribution in [2.75, 3.05) is 6.61 Å². The van der Waals surface area contributed by atoms with Crippen LogP contribution in [0.4, 0.5) is 5.69 Å². The smallest absolute Gasteiger partial charge is 0.311 e. The van der Waals surface area contributed by atoms with Crippen molar-refractivity contribution in [1.29, 1.82) is 0 Å². The number of ether oxygens (including phenoxy) is 2. The van der Waals surface area contributed by atoms with E-state index in [4.69, 9.17) is 9.47 Å². The maximum absolute atomic E-state index is 10.7. The Hall–Kier alpha value is -1.62. The molecule has 1 aliphatic heterocycles. The summed E-state index contributed by atoms with van der Waals surface area (Å²) in [7, 11) is 0. The zero-order valence-corrected chi connectivity index (χ0v) is 8.09. The molecule has 0 N–H and O–H groups in total. The average Bonchev–Trinajstić information content (AvgIpc) is 2.71. The molecule has 5 heteroatoms. The number of nitrogens with zero attached hydrogens (tertiary/aromatic N) is 1. The molecule has 1 fully saturated rings. The van der Waals surface area contributed by atoms with Crippen LogP contribution >= 0.6 is 0 Å². The molecule has 0 spiro atoms. The first-order chi connectivity index (χ1) is 7.27. The van der Waals surface area contributed by atoms with Gasteiger partial charge in [0.25, 0.3) is 0 Å². The van der Waals surface area contributed by atoms with E-state index in [1.165, 1.54) is 6.07 Å². The Balaban J connectivity index is 2.15. The lowest BCUT2D eigenvalue weighted by Crippen LogP contribution is -2.14. The van der Waals surface area contributed by atoms with E-state index in [2.05, 4.69) is 0 Å². The second-order valence-corrected chi connectivity index (χ2v) is 3.29. The van der Waals surface area contributed by atoms with Crippen LogP contribution in [0.1, 0.15) is 12.8 Å². The van der Waals surface area contributed by atoms with Crippen molar-refractivity contribution in [3.8, 4) is 5.75 Å². The molecule has 1 heterocycles. The summed E-state index contributed by atoms with van der Waals surface area (Å²) in [6, 6.07) is 6.32. The topological polar surface area (TPSA) is 61.6 Å². The molecule has 0 bridgehead atoms. The Labute approximate surface area is 86.8 Å². The van der Waals surface area contributed by atoms with Crippen LogP contribution in [-0.2, 0) is 4.74 Å². The second kappa shape index (κ2) is 4.27. The van der Waals surface area contributed by atoms with Crippen molar-refractivity contribution in [3.63, 3.8) is 0 Å². The van der Waals surface area contributed by atoms with Crippen LogP contribution in [-0.4, -0.2) is 17.8 Å². The number of benzene rings is 1. The Morgan fingerprint density at radius 1 is 1.47 bits per heavy atom. The van der Waals surface area contributed by atoms with Crippen molar-refractivity contribution in [3.05, 3.63) is 34.4 Å². The third-order valence-electron chi connectivity index (χ3n) is 2.21. The average molecular weight is 209 g/mol. The predicted octanol–water partition coefficient (Wildman–Crippen LogP) is 2.11. The Morgan fingerprint density at radius 3 is 2.93 bits per heavy atom. The van der Waals surface area contributed by atoms with Crippen molar-refractivity contribution in [2.24, 2.45) is 0 Å². The quantitative estimate of drug-likeness (QED) is 0.565. The highest BCUT2D eigenvalue weighted by molar-refractivity contribution is 5.45. The van der Waals surface area contributed by atoms with Gasteiger partial charge in [-0.15, -0.1) is 0 Å². The fourth-order valence-corrected chi connectivity index (χ4v) is 1.49. The van der Waals surface area contributed by atoms with Crippen LogP contribution < -0.4 is 4.74 Å². The minimum Gasteiger partial charge on any atom is -0.458 e. The number of rotatable bonds is 3. The molecule has 0 saturated carbocycles. The Morgan fingerprint density at radius 2 is 2.27 bits per heavy atom. The molecule has 0 aliphatic carbocycles. The van der Waals surface area contributed by atoms with Gasteiger partial charge in [-0.2, -0.15) is 0 Å². The van der Waals surface area contributed by atoms with E-state index in [-0.39, 0.29) is 17.7 Å². The summed E-state index contributed by atoms with van der Waals surface area (Å²) in [5.74, 6) is 0.273. The summed E-state index contributed by atoms with van der Waals surface area (Å²) < 4.78 is 10.7. The SMILES string of the molecule is O=[N+]([O-])c1ccccc1O[C@H]1CCCO1. The third kappa shape index (κ3) is 2.24. The summed E-state index contributed by atoms with van der Waals surface area (Å²) in [6.45, 7) is 0.658. The molecule has 5 nitrogen and oxygen atoms in total. The minimum absolute atomic E-state index is 0.0204. The highest BCUT2D eigenvalue weighted by Crippen LogP contribution is 2.28. The zero-order valence-electron chi connectivity index (χ0n) is 8.09. The normalized spacial score (nSPS) is 20.1. The van der Waals surface area contributed by atoms with Crippen LogP contribution in [0.25, 0.3) is 0 Å². The van der Waals surface area contributed by atoms with Gasteiger partial charge >= 0.3 is 5.69 Å². The molecular formula is C10H11NO4. The van der Waals surface area contributed by atoms with Crippen molar-refractivity contribution < 1.29 is 14.4 Å². The summed E-state index contributed by atoms with van der Waals surface area (Å²) in [5.41, 5.74) is -0.0204. The Kier molecular flexibility index (Phi) is 2.82. The van der Waals surface area contributed by atoms with Gasteiger partial charge in [0.2, 0.25) is 0 Å². The molecule has 0 unspecified atom stereocenters. The first-order valence-corrected chi connectivity index (χ1v) is 4.79. The lowest BCUT2D eigenvalue weighted by molar-refractivity contribution is -0.386. The molecular weight excluding hydrogens is 198 g/mol. The third-order valence-corrected chi connectivity index (χ3v) is 2.21. The van der Waals surface area contributed by atoms with Gasteiger partial charge in [0.05, 0.1) is 11.5 Å². The fraction of sp³-hybridized carbons (Fsp3) is 0.400. The van der Waals surface area contributed by atoms with Gasteiger partial charge in [-0.05, 0) is 12.5 Å². The summed E-state index contributed by atoms with van der Waals surface area (Å²) in [5, 5.41) is 10.7. The van der Waals surface area contributed by atoms with E-state index in [9.17, 15) is 10.1 Å². The van der Waals surface area contributed by atoms with Crippen LogP contribution in [0.15, 0.2) is 24.3 Å². The van der Waals surface area contributed by atoms with Gasteiger partial charge < -0.3 is 9.47 Å². The summed E-state index contributed by atoms with van der Waals surface area (Å²) in [6.07, 6.45) is 1.38. The molecule has 2 rings (SSSR count). The van der Waals surface area contributed by atoms with E-state index in [1.54, 1.807) is 18.2 Å². The zero-order chi connectivity index (χ0) is 10.7. The maximum Gasteiger partial charge on any atom is 0.311 e. The molecule has 1 aromatic carbocycles. The maximum atomic E-state index is 10.7. The van der Waals surface area contributed by atoms with Crippen LogP contribution in [0.5, 0.6) is 5.75 Å². The molecule has 1 saturated heterocycles. The van der Waals surface area contributed by atoms with Gasteiger partial charge in [-0.25, -0.2) is 0 Å². The van der Waals surface area contributed by atoms with E-state index < -0.39 is 4.92 Å². The van der Waals surface area contributed by atoms with Gasteiger partial charge in [-0.3, -0.25) is 10.1 Å². The van der Waals surface area contributed by atoms with Gasteiger partial charge in [-0.1, -0.05) is 12.1 Å². The number of para-hydroxylation sites is 2. The minimum atomic E-state index is -0.454. The summed E-state index contributed by atoms with van der Waals surface area (Å²) in [4.78, 5) is 10.2. The molecule has 1 aliphatic rings. The highest BCUT2D eigenvalue weighted by atomic mass is 16.7. The van der Waals surface area contributed by atoms with Crippen LogP contribution in [0.3, 0.4) is 0 Å². The number of nitro groups is 1. The van der Waals surface area contributed by atoms with Crippen molar-refractivity contribution >= 4 is 5.69 Å². The van der Waals surface area contributed by atoms with E-state index in [1.807, 2.05) is 0 Å². The fourth-order valence-electron chi connectivity index (χ4n) is 1.49. The summed E-state index contributed by atoms with van der Waals surface area (Å²) >= 11 is 0. The van der Waals surface area contributed by atoms with Crippen molar-refractivity contribution in [2.45, 2.75) is 19.1 Å². The monoisotopic (exact) mass is 209 g/mol. The number of hydrogen-bond acceptors (Lipinski definition) is 4. The first-order valence-electron chi connectivity index (χ1n) is 4.79. The predicted molar refractivity (Wildman–Crippen MR) is 52.7 cm³/mol. The van der Waals surface area contributed by atoms with Crippen LogP contribution in [0, 0.1) is 10.1 Å². The van der Waals surface area contributed by atoms with Gasteiger partial charge in [0, 0.05) is 12.5 Å². The van der Waals surface area contributed by atoms with E-state index in [0.29, 0.717) is 6.61 Å². The first kappa shape index (κ1) is 9.92. The molecule has 0 aromatic heterocycles. The Bertz CT molecular complexity index is 360. The molecule has 1 aromatic rings. The molecule has 80 valence electrons. The number of hydrogen-bond donors (Lipinski definition) is 0. The molecule has 0 amide bonds. The molecule has 0 radical (unpaired) electrons. The highest BCUT2D eigenvalue weighted by Gasteiger charge is 2.21. The lowest BCUT2D eigenvalue weighted by Gasteiger charge is -2.12. The standard InChI is InChI=1S/C10H11NO4/c12-11(13)8-4-1-2-5-9(8)15-10-6-3-7-14-10/h1-2,4-5,10H,3,6-7H2/t10-/m0/s1. The molecule has 15 heavy (non-hydrogen) atoms. The van der Waals surface area contributed by atoms with E-state index in [0.717, 1.165) is 12.8 Å². The lowest BCUT2D eigenvalue weighted by atomic mass is 10.3. The van der Waals surface area contributed by atoms with Crippen molar-refractivity contribution in [1.82, 2.24) is 0 Å². The molecule has 1 atom stereocenters. The van der Waals surface area contributed by atoms with E-state index >= 15 is 0 Å². The largest absolute Gasteiger partial charge is 0.458 e. The van der Waals surface area contributed by atoms with Gasteiger partial charge in [0.1, 0.15) is 0 Å². The van der Waals surface area contributed by atoms with Gasteiger partial charge in [0.15, 0.2) is 12.0 Å². The second-order valence-electron chi connectivity index (χ2n) is 3.29.